The SMILES string of the molecule is CCC1(c2cccc(C(F)(F)F)c2)OCc2c1cnc(C=O)c2OCc1ccccc1. The molecule has 7 heteroatoms. The summed E-state index contributed by atoms with van der Waals surface area (Å²) in [6.07, 6.45) is -1.96. The molecule has 0 aliphatic carbocycles. The maximum absolute atomic E-state index is 13.3. The van der Waals surface area contributed by atoms with E-state index in [2.05, 4.69) is 4.98 Å². The summed E-state index contributed by atoms with van der Waals surface area (Å²) in [6, 6.07) is 14.6. The number of hydrogen-bond acceptors (Lipinski definition) is 4. The predicted molar refractivity (Wildman–Crippen MR) is 108 cm³/mol. The number of fused-ring (bicyclic) bond motifs is 1. The van der Waals surface area contributed by atoms with Crippen molar-refractivity contribution in [3.05, 3.63) is 94.3 Å². The zero-order chi connectivity index (χ0) is 22.1. The molecule has 1 unspecified atom stereocenters. The zero-order valence-electron chi connectivity index (χ0n) is 16.8. The number of carbonyl (C=O) groups excluding carboxylic acids is 1. The van der Waals surface area contributed by atoms with Gasteiger partial charge in [-0.05, 0) is 29.7 Å². The molecule has 160 valence electrons. The van der Waals surface area contributed by atoms with E-state index in [0.29, 0.717) is 35.1 Å². The molecular weight excluding hydrogens is 407 g/mol. The van der Waals surface area contributed by atoms with Crippen LogP contribution in [-0.4, -0.2) is 11.3 Å². The number of pyridine rings is 1. The standard InChI is InChI=1S/C24H20F3NO3/c1-2-23(17-9-6-10-18(11-17)24(25,26)27)20-12-28-21(13-29)22(19(20)15-31-23)30-14-16-7-4-3-5-8-16/h3-13H,2,14-15H2,1H3. The molecule has 4 nitrogen and oxygen atoms in total. The lowest BCUT2D eigenvalue weighted by atomic mass is 9.83. The summed E-state index contributed by atoms with van der Waals surface area (Å²) >= 11 is 0. The summed E-state index contributed by atoms with van der Waals surface area (Å²) in [5.74, 6) is 0.304. The summed E-state index contributed by atoms with van der Waals surface area (Å²) < 4.78 is 51.9. The number of aromatic nitrogens is 1. The van der Waals surface area contributed by atoms with Gasteiger partial charge in [-0.15, -0.1) is 0 Å². The van der Waals surface area contributed by atoms with Crippen LogP contribution < -0.4 is 4.74 Å². The number of benzene rings is 2. The second-order valence-electron chi connectivity index (χ2n) is 7.30. The van der Waals surface area contributed by atoms with E-state index in [0.717, 1.165) is 17.7 Å². The molecule has 0 amide bonds. The molecule has 1 aliphatic rings. The van der Waals surface area contributed by atoms with E-state index < -0.39 is 17.3 Å². The van der Waals surface area contributed by atoms with E-state index in [1.54, 1.807) is 6.07 Å². The van der Waals surface area contributed by atoms with Crippen molar-refractivity contribution in [3.63, 3.8) is 0 Å². The van der Waals surface area contributed by atoms with Crippen LogP contribution in [0.3, 0.4) is 0 Å². The maximum Gasteiger partial charge on any atom is 0.416 e. The minimum atomic E-state index is -4.46. The van der Waals surface area contributed by atoms with Crippen LogP contribution in [0.1, 0.15) is 51.7 Å². The van der Waals surface area contributed by atoms with Crippen molar-refractivity contribution in [2.45, 2.75) is 38.3 Å². The maximum atomic E-state index is 13.3. The van der Waals surface area contributed by atoms with Crippen molar-refractivity contribution in [1.29, 1.82) is 0 Å². The Balaban J connectivity index is 1.77. The summed E-state index contributed by atoms with van der Waals surface area (Å²) in [5.41, 5.74) is 0.835. The lowest BCUT2D eigenvalue weighted by Gasteiger charge is -2.29. The van der Waals surface area contributed by atoms with Crippen molar-refractivity contribution in [1.82, 2.24) is 4.98 Å². The fourth-order valence-electron chi connectivity index (χ4n) is 3.97. The van der Waals surface area contributed by atoms with Gasteiger partial charge in [0.25, 0.3) is 0 Å². The van der Waals surface area contributed by atoms with Crippen molar-refractivity contribution in [2.75, 3.05) is 0 Å². The monoisotopic (exact) mass is 427 g/mol. The summed E-state index contributed by atoms with van der Waals surface area (Å²) in [7, 11) is 0. The summed E-state index contributed by atoms with van der Waals surface area (Å²) in [4.78, 5) is 15.8. The van der Waals surface area contributed by atoms with E-state index in [-0.39, 0.29) is 18.9 Å². The van der Waals surface area contributed by atoms with E-state index in [1.807, 2.05) is 37.3 Å². The number of hydrogen-bond donors (Lipinski definition) is 0. The van der Waals surface area contributed by atoms with Crippen LogP contribution in [0.15, 0.2) is 60.8 Å². The first-order valence-corrected chi connectivity index (χ1v) is 9.85. The third kappa shape index (κ3) is 3.81. The first kappa shape index (κ1) is 21.1. The molecule has 0 N–H and O–H groups in total. The summed E-state index contributed by atoms with van der Waals surface area (Å²) in [5, 5.41) is 0. The quantitative estimate of drug-likeness (QED) is 0.475. The second kappa shape index (κ2) is 8.15. The highest BCUT2D eigenvalue weighted by molar-refractivity contribution is 5.78. The number of carbonyl (C=O) groups is 1. The Morgan fingerprint density at radius 1 is 1.16 bits per heavy atom. The van der Waals surface area contributed by atoms with Gasteiger partial charge in [0.05, 0.1) is 12.2 Å². The average molecular weight is 427 g/mol. The molecule has 1 atom stereocenters. The molecule has 4 rings (SSSR count). The van der Waals surface area contributed by atoms with Crippen LogP contribution in [0.2, 0.25) is 0 Å². The van der Waals surface area contributed by atoms with Gasteiger partial charge in [0.2, 0.25) is 0 Å². The highest BCUT2D eigenvalue weighted by Gasteiger charge is 2.44. The summed E-state index contributed by atoms with van der Waals surface area (Å²) in [6.45, 7) is 2.17. The van der Waals surface area contributed by atoms with Crippen molar-refractivity contribution in [3.8, 4) is 5.75 Å². The molecule has 31 heavy (non-hydrogen) atoms. The van der Waals surface area contributed by atoms with Crippen molar-refractivity contribution >= 4 is 6.29 Å². The fourth-order valence-corrected chi connectivity index (χ4v) is 3.97. The molecule has 0 saturated carbocycles. The molecule has 0 bridgehead atoms. The van der Waals surface area contributed by atoms with Crippen LogP contribution in [0.4, 0.5) is 13.2 Å². The Bertz CT molecular complexity index is 1100. The molecule has 0 saturated heterocycles. The van der Waals surface area contributed by atoms with Gasteiger partial charge in [0.1, 0.15) is 17.9 Å². The Labute approximate surface area is 177 Å². The molecule has 0 fully saturated rings. The van der Waals surface area contributed by atoms with Gasteiger partial charge in [-0.25, -0.2) is 4.98 Å². The highest BCUT2D eigenvalue weighted by atomic mass is 19.4. The van der Waals surface area contributed by atoms with Crippen LogP contribution in [0, 0.1) is 0 Å². The number of halogens is 3. The molecule has 3 aromatic rings. The van der Waals surface area contributed by atoms with Crippen LogP contribution >= 0.6 is 0 Å². The highest BCUT2D eigenvalue weighted by Crippen LogP contribution is 2.48. The lowest BCUT2D eigenvalue weighted by molar-refractivity contribution is -0.137. The van der Waals surface area contributed by atoms with Gasteiger partial charge >= 0.3 is 6.18 Å². The third-order valence-electron chi connectivity index (χ3n) is 5.55. The molecule has 1 aliphatic heterocycles. The van der Waals surface area contributed by atoms with E-state index in [9.17, 15) is 18.0 Å². The minimum Gasteiger partial charge on any atom is -0.486 e. The first-order valence-electron chi connectivity index (χ1n) is 9.85. The molecule has 2 heterocycles. The number of alkyl halides is 3. The zero-order valence-corrected chi connectivity index (χ0v) is 16.8. The second-order valence-corrected chi connectivity index (χ2v) is 7.30. The van der Waals surface area contributed by atoms with Gasteiger partial charge in [-0.1, -0.05) is 49.4 Å². The van der Waals surface area contributed by atoms with Gasteiger partial charge in [0.15, 0.2) is 12.0 Å². The van der Waals surface area contributed by atoms with E-state index in [1.165, 1.54) is 12.3 Å². The molecule has 0 spiro atoms. The van der Waals surface area contributed by atoms with Crippen LogP contribution in [0.5, 0.6) is 5.75 Å². The molecule has 2 aromatic carbocycles. The van der Waals surface area contributed by atoms with Crippen LogP contribution in [0.25, 0.3) is 0 Å². The van der Waals surface area contributed by atoms with Crippen LogP contribution in [-0.2, 0) is 29.7 Å². The minimum absolute atomic E-state index is 0.104. The third-order valence-corrected chi connectivity index (χ3v) is 5.55. The predicted octanol–water partition coefficient (Wildman–Crippen LogP) is 5.68. The molecule has 1 aromatic heterocycles. The van der Waals surface area contributed by atoms with Gasteiger partial charge in [-0.3, -0.25) is 4.79 Å². The van der Waals surface area contributed by atoms with Gasteiger partial charge < -0.3 is 9.47 Å². The Kier molecular flexibility index (Phi) is 5.54. The molecular formula is C24H20F3NO3. The first-order chi connectivity index (χ1) is 14.9. The van der Waals surface area contributed by atoms with E-state index in [4.69, 9.17) is 9.47 Å². The van der Waals surface area contributed by atoms with Crippen molar-refractivity contribution in [2.24, 2.45) is 0 Å². The number of nitrogens with zero attached hydrogens (tertiary/aromatic N) is 1. The number of aldehydes is 1. The topological polar surface area (TPSA) is 48.4 Å². The Morgan fingerprint density at radius 3 is 2.61 bits per heavy atom. The average Bonchev–Trinajstić information content (AvgIpc) is 3.17. The fraction of sp³-hybridized carbons (Fsp3) is 0.250. The lowest BCUT2D eigenvalue weighted by Crippen LogP contribution is -2.27. The Hall–Kier alpha value is -3.19. The van der Waals surface area contributed by atoms with Gasteiger partial charge in [-0.2, -0.15) is 13.2 Å². The van der Waals surface area contributed by atoms with Gasteiger partial charge in [0, 0.05) is 17.3 Å². The Morgan fingerprint density at radius 2 is 1.94 bits per heavy atom. The molecule has 0 radical (unpaired) electrons. The number of rotatable bonds is 6. The smallest absolute Gasteiger partial charge is 0.416 e. The number of ether oxygens (including phenoxy) is 2. The largest absolute Gasteiger partial charge is 0.486 e. The van der Waals surface area contributed by atoms with Crippen molar-refractivity contribution < 1.29 is 27.4 Å². The van der Waals surface area contributed by atoms with E-state index >= 15 is 0 Å². The normalized spacial score (nSPS) is 17.9.